The Morgan fingerprint density at radius 3 is 2.52 bits per heavy atom. The van der Waals surface area contributed by atoms with E-state index in [4.69, 9.17) is 4.74 Å². The minimum atomic E-state index is -0.432. The Labute approximate surface area is 160 Å². The van der Waals surface area contributed by atoms with Gasteiger partial charge in [0, 0.05) is 18.4 Å². The van der Waals surface area contributed by atoms with E-state index in [1.54, 1.807) is 24.3 Å². The summed E-state index contributed by atoms with van der Waals surface area (Å²) in [6, 6.07) is 19.3. The summed E-state index contributed by atoms with van der Waals surface area (Å²) in [5.41, 5.74) is 1.99. The van der Waals surface area contributed by atoms with E-state index in [-0.39, 0.29) is 5.57 Å². The fourth-order valence-electron chi connectivity index (χ4n) is 2.52. The first-order chi connectivity index (χ1) is 13.2. The van der Waals surface area contributed by atoms with Crippen LogP contribution in [0.2, 0.25) is 0 Å². The van der Waals surface area contributed by atoms with Gasteiger partial charge in [0.1, 0.15) is 17.4 Å². The minimum Gasteiger partial charge on any atom is -0.494 e. The molecular weight excluding hydrogens is 338 g/mol. The monoisotopic (exact) mass is 363 g/mol. The van der Waals surface area contributed by atoms with E-state index in [9.17, 15) is 10.1 Å². The van der Waals surface area contributed by atoms with Crippen LogP contribution >= 0.6 is 0 Å². The lowest BCUT2D eigenvalue weighted by Gasteiger charge is -2.07. The number of anilines is 1. The maximum atomic E-state index is 12.2. The van der Waals surface area contributed by atoms with E-state index in [0.717, 1.165) is 25.0 Å². The Hall–Kier alpha value is -3.26. The van der Waals surface area contributed by atoms with Crippen molar-refractivity contribution in [2.75, 3.05) is 18.5 Å². The smallest absolute Gasteiger partial charge is 0.267 e. The molecule has 27 heavy (non-hydrogen) atoms. The van der Waals surface area contributed by atoms with Gasteiger partial charge in [-0.2, -0.15) is 5.26 Å². The van der Waals surface area contributed by atoms with Gasteiger partial charge in [-0.05, 0) is 56.0 Å². The van der Waals surface area contributed by atoms with E-state index < -0.39 is 5.91 Å². The van der Waals surface area contributed by atoms with Crippen LogP contribution in [0.15, 0.2) is 66.4 Å². The predicted octanol–water partition coefficient (Wildman–Crippen LogP) is 4.04. The molecule has 2 rings (SSSR count). The number of hydrogen-bond donors (Lipinski definition) is 2. The fourth-order valence-corrected chi connectivity index (χ4v) is 2.52. The lowest BCUT2D eigenvalue weighted by Crippen LogP contribution is -2.17. The van der Waals surface area contributed by atoms with E-state index in [1.165, 1.54) is 11.8 Å². The Morgan fingerprint density at radius 2 is 1.85 bits per heavy atom. The second kappa shape index (κ2) is 11.4. The molecule has 5 nitrogen and oxygen atoms in total. The molecule has 0 aromatic heterocycles. The first kappa shape index (κ1) is 20.1. The average molecular weight is 363 g/mol. The lowest BCUT2D eigenvalue weighted by molar-refractivity contribution is -0.112. The number of ether oxygens (including phenoxy) is 1. The van der Waals surface area contributed by atoms with Gasteiger partial charge in [0.2, 0.25) is 0 Å². The maximum Gasteiger partial charge on any atom is 0.267 e. The van der Waals surface area contributed by atoms with Crippen molar-refractivity contribution in [2.45, 2.75) is 26.2 Å². The van der Waals surface area contributed by atoms with Gasteiger partial charge >= 0.3 is 0 Å². The topological polar surface area (TPSA) is 74.1 Å². The van der Waals surface area contributed by atoms with E-state index in [1.807, 2.05) is 31.2 Å². The van der Waals surface area contributed by atoms with Gasteiger partial charge in [-0.15, -0.1) is 0 Å². The number of benzene rings is 2. The van der Waals surface area contributed by atoms with Crippen LogP contribution in [0.4, 0.5) is 5.69 Å². The van der Waals surface area contributed by atoms with Crippen molar-refractivity contribution < 1.29 is 9.53 Å². The number of carbonyl (C=O) groups excluding carboxylic acids is 1. The average Bonchev–Trinajstić information content (AvgIpc) is 2.70. The normalized spacial score (nSPS) is 10.7. The van der Waals surface area contributed by atoms with Gasteiger partial charge in [-0.3, -0.25) is 4.79 Å². The molecule has 2 aromatic rings. The molecule has 140 valence electrons. The molecule has 2 aromatic carbocycles. The van der Waals surface area contributed by atoms with Crippen LogP contribution in [0.25, 0.3) is 0 Å². The van der Waals surface area contributed by atoms with Crippen molar-refractivity contribution in [3.05, 3.63) is 71.9 Å². The van der Waals surface area contributed by atoms with Crippen molar-refractivity contribution in [1.29, 1.82) is 5.26 Å². The largest absolute Gasteiger partial charge is 0.494 e. The van der Waals surface area contributed by atoms with E-state index >= 15 is 0 Å². The molecule has 0 saturated heterocycles. The highest BCUT2D eigenvalue weighted by atomic mass is 16.5. The highest BCUT2D eigenvalue weighted by molar-refractivity contribution is 6.06. The molecular formula is C22H25N3O2. The van der Waals surface area contributed by atoms with Crippen molar-refractivity contribution >= 4 is 11.6 Å². The molecule has 1 amide bonds. The third-order valence-electron chi connectivity index (χ3n) is 3.91. The molecule has 0 fully saturated rings. The van der Waals surface area contributed by atoms with Gasteiger partial charge in [0.05, 0.1) is 6.61 Å². The zero-order valence-corrected chi connectivity index (χ0v) is 15.6. The van der Waals surface area contributed by atoms with E-state index in [0.29, 0.717) is 18.8 Å². The summed E-state index contributed by atoms with van der Waals surface area (Å²) in [6.07, 6.45) is 4.51. The number of aryl methyl sites for hydroxylation is 1. The van der Waals surface area contributed by atoms with Gasteiger partial charge < -0.3 is 15.4 Å². The molecule has 0 atom stereocenters. The number of carbonyl (C=O) groups is 1. The van der Waals surface area contributed by atoms with Crippen molar-refractivity contribution in [1.82, 2.24) is 5.32 Å². The Balaban J connectivity index is 1.74. The molecule has 0 radical (unpaired) electrons. The fraction of sp³-hybridized carbons (Fsp3) is 0.273. The molecule has 5 heteroatoms. The molecule has 0 aliphatic rings. The van der Waals surface area contributed by atoms with Crippen LogP contribution in [-0.4, -0.2) is 19.1 Å². The lowest BCUT2D eigenvalue weighted by atomic mass is 10.1. The summed E-state index contributed by atoms with van der Waals surface area (Å²) in [7, 11) is 0. The van der Waals surface area contributed by atoms with Crippen LogP contribution in [0.5, 0.6) is 5.75 Å². The molecule has 0 spiro atoms. The maximum absolute atomic E-state index is 12.2. The van der Waals surface area contributed by atoms with Gasteiger partial charge in [-0.1, -0.05) is 30.3 Å². The Morgan fingerprint density at radius 1 is 1.11 bits per heavy atom. The SMILES string of the molecule is CCOc1ccc(NC(=O)/C(C#N)=C\NCCCCc2ccccc2)cc1. The zero-order valence-electron chi connectivity index (χ0n) is 15.6. The second-order valence-corrected chi connectivity index (χ2v) is 5.98. The molecule has 0 bridgehead atoms. The van der Waals surface area contributed by atoms with Gasteiger partial charge in [0.25, 0.3) is 5.91 Å². The molecule has 2 N–H and O–H groups in total. The molecule has 0 saturated carbocycles. The highest BCUT2D eigenvalue weighted by Gasteiger charge is 2.09. The number of amides is 1. The number of rotatable bonds is 10. The number of hydrogen-bond acceptors (Lipinski definition) is 4. The standard InChI is InChI=1S/C22H25N3O2/c1-2-27-21-13-11-20(12-14-21)25-22(26)19(16-23)17-24-15-7-6-10-18-8-4-3-5-9-18/h3-5,8-9,11-14,17,24H,2,6-7,10,15H2,1H3,(H,25,26)/b19-17-. The molecule has 0 unspecified atom stereocenters. The highest BCUT2D eigenvalue weighted by Crippen LogP contribution is 2.16. The van der Waals surface area contributed by atoms with Crippen molar-refractivity contribution in [2.24, 2.45) is 0 Å². The summed E-state index contributed by atoms with van der Waals surface area (Å²) >= 11 is 0. The molecule has 0 aliphatic heterocycles. The predicted molar refractivity (Wildman–Crippen MR) is 107 cm³/mol. The summed E-state index contributed by atoms with van der Waals surface area (Å²) < 4.78 is 5.36. The number of nitrogens with one attached hydrogen (secondary N) is 2. The number of nitrogens with zero attached hydrogens (tertiary/aromatic N) is 1. The van der Waals surface area contributed by atoms with Crippen molar-refractivity contribution in [3.63, 3.8) is 0 Å². The van der Waals surface area contributed by atoms with Gasteiger partial charge in [0.15, 0.2) is 0 Å². The van der Waals surface area contributed by atoms with Crippen molar-refractivity contribution in [3.8, 4) is 11.8 Å². The van der Waals surface area contributed by atoms with Crippen LogP contribution < -0.4 is 15.4 Å². The summed E-state index contributed by atoms with van der Waals surface area (Å²) in [5, 5.41) is 15.0. The summed E-state index contributed by atoms with van der Waals surface area (Å²) in [6.45, 7) is 3.22. The van der Waals surface area contributed by atoms with Crippen LogP contribution in [-0.2, 0) is 11.2 Å². The number of nitriles is 1. The quantitative estimate of drug-likeness (QED) is 0.379. The van der Waals surface area contributed by atoms with Crippen LogP contribution in [0.3, 0.4) is 0 Å². The summed E-state index contributed by atoms with van der Waals surface area (Å²) in [5.74, 6) is 0.308. The third kappa shape index (κ3) is 7.25. The first-order valence-corrected chi connectivity index (χ1v) is 9.14. The van der Waals surface area contributed by atoms with Gasteiger partial charge in [-0.25, -0.2) is 0 Å². The zero-order chi connectivity index (χ0) is 19.3. The minimum absolute atomic E-state index is 0.0481. The first-order valence-electron chi connectivity index (χ1n) is 9.14. The van der Waals surface area contributed by atoms with E-state index in [2.05, 4.69) is 22.8 Å². The Kier molecular flexibility index (Phi) is 8.45. The summed E-state index contributed by atoms with van der Waals surface area (Å²) in [4.78, 5) is 12.2. The second-order valence-electron chi connectivity index (χ2n) is 5.98. The number of unbranched alkanes of at least 4 members (excludes halogenated alkanes) is 1. The third-order valence-corrected chi connectivity index (χ3v) is 3.91. The molecule has 0 heterocycles. The Bertz CT molecular complexity index is 777. The molecule has 0 aliphatic carbocycles. The van der Waals surface area contributed by atoms with Crippen LogP contribution in [0, 0.1) is 11.3 Å². The van der Waals surface area contributed by atoms with Crippen LogP contribution in [0.1, 0.15) is 25.3 Å².